The molecule has 2 amide bonds. The van der Waals surface area contributed by atoms with Crippen molar-refractivity contribution in [1.82, 2.24) is 9.80 Å². The molecule has 2 fully saturated rings. The second-order valence-corrected chi connectivity index (χ2v) is 9.03. The Hall–Kier alpha value is -2.19. The number of rotatable bonds is 7. The molecule has 4 aliphatic rings. The number of ether oxygens (including phenoxy) is 2. The number of aliphatic hydroxyl groups is 1. The molecule has 0 saturated carbocycles. The topological polar surface area (TPSA) is 96.4 Å². The molecule has 0 radical (unpaired) electrons. The van der Waals surface area contributed by atoms with Crippen LogP contribution in [-0.2, 0) is 23.9 Å². The van der Waals surface area contributed by atoms with Gasteiger partial charge < -0.3 is 24.4 Å². The molecule has 8 nitrogen and oxygen atoms in total. The maximum atomic E-state index is 13.8. The van der Waals surface area contributed by atoms with E-state index in [1.807, 2.05) is 12.2 Å². The van der Waals surface area contributed by atoms with E-state index in [-0.39, 0.29) is 31.6 Å². The maximum Gasteiger partial charge on any atom is 0.313 e. The van der Waals surface area contributed by atoms with Gasteiger partial charge in [0.05, 0.1) is 11.5 Å². The van der Waals surface area contributed by atoms with Crippen LogP contribution in [0.2, 0.25) is 0 Å². The van der Waals surface area contributed by atoms with Gasteiger partial charge in [0.25, 0.3) is 0 Å². The van der Waals surface area contributed by atoms with Crippen molar-refractivity contribution in [3.63, 3.8) is 0 Å². The van der Waals surface area contributed by atoms with Gasteiger partial charge in [-0.25, -0.2) is 0 Å². The first-order chi connectivity index (χ1) is 14.9. The molecule has 1 spiro atoms. The molecule has 0 aromatic carbocycles. The van der Waals surface area contributed by atoms with Crippen LogP contribution in [0.5, 0.6) is 0 Å². The van der Waals surface area contributed by atoms with Crippen molar-refractivity contribution < 1.29 is 29.0 Å². The molecular weight excluding hydrogens is 400 g/mol. The number of carbonyl (C=O) groups is 3. The molecule has 1 N–H and O–H groups in total. The van der Waals surface area contributed by atoms with Gasteiger partial charge in [-0.05, 0) is 25.8 Å². The van der Waals surface area contributed by atoms with Gasteiger partial charge in [0.15, 0.2) is 0 Å². The smallest absolute Gasteiger partial charge is 0.313 e. The standard InChI is InChI=1S/C23H32N2O6/c1-3-4-5-11-24-12-6-10-23-16(17-21(29)30-15-7-9-22(17,2)31-23)19(27)25(13-8-14-26)18(23)20(24)28/h6-7,9-10,16-18,26H,3-5,8,11-15H2,1-2H3/t16-,17-,18?,22+,23-/m0/s1. The van der Waals surface area contributed by atoms with Crippen LogP contribution >= 0.6 is 0 Å². The lowest BCUT2D eigenvalue weighted by Gasteiger charge is -2.37. The van der Waals surface area contributed by atoms with Gasteiger partial charge in [0.1, 0.15) is 24.2 Å². The monoisotopic (exact) mass is 432 g/mol. The fraction of sp³-hybridized carbons (Fsp3) is 0.696. The quantitative estimate of drug-likeness (QED) is 0.367. The summed E-state index contributed by atoms with van der Waals surface area (Å²) in [6.07, 6.45) is 10.6. The summed E-state index contributed by atoms with van der Waals surface area (Å²) >= 11 is 0. The Labute approximate surface area is 182 Å². The number of carbonyl (C=O) groups excluding carboxylic acids is 3. The van der Waals surface area contributed by atoms with Gasteiger partial charge in [-0.2, -0.15) is 0 Å². The number of hydrogen-bond acceptors (Lipinski definition) is 6. The average Bonchev–Trinajstić information content (AvgIpc) is 2.99. The molecule has 4 heterocycles. The highest BCUT2D eigenvalue weighted by molar-refractivity contribution is 5.99. The molecule has 8 heteroatoms. The SMILES string of the molecule is CCCCCN1CC=C[C@]23O[C@]4(C)C=CCOC(=O)[C@@H]4[C@H]2C(=O)N(CCCO)C3C1=O. The molecule has 0 aromatic rings. The van der Waals surface area contributed by atoms with Gasteiger partial charge >= 0.3 is 5.97 Å². The van der Waals surface area contributed by atoms with Crippen molar-refractivity contribution in [3.8, 4) is 0 Å². The van der Waals surface area contributed by atoms with Crippen molar-refractivity contribution in [2.24, 2.45) is 11.8 Å². The lowest BCUT2D eigenvalue weighted by Crippen LogP contribution is -2.56. The summed E-state index contributed by atoms with van der Waals surface area (Å²) in [6, 6.07) is -0.859. The fourth-order valence-electron chi connectivity index (χ4n) is 5.64. The normalized spacial score (nSPS) is 36.7. The molecule has 0 aliphatic carbocycles. The van der Waals surface area contributed by atoms with Crippen molar-refractivity contribution in [1.29, 1.82) is 0 Å². The number of nitrogens with zero attached hydrogens (tertiary/aromatic N) is 2. The minimum Gasteiger partial charge on any atom is -0.461 e. The van der Waals surface area contributed by atoms with E-state index < -0.39 is 35.0 Å². The number of hydrogen-bond donors (Lipinski definition) is 1. The molecule has 5 atom stereocenters. The van der Waals surface area contributed by atoms with E-state index in [0.29, 0.717) is 19.5 Å². The molecule has 4 aliphatic heterocycles. The highest BCUT2D eigenvalue weighted by Gasteiger charge is 2.74. The van der Waals surface area contributed by atoms with E-state index in [2.05, 4.69) is 6.92 Å². The van der Waals surface area contributed by atoms with Gasteiger partial charge in [-0.15, -0.1) is 0 Å². The van der Waals surface area contributed by atoms with Crippen LogP contribution in [0, 0.1) is 11.8 Å². The summed E-state index contributed by atoms with van der Waals surface area (Å²) in [5, 5.41) is 9.37. The molecule has 0 bridgehead atoms. The third-order valence-electron chi connectivity index (χ3n) is 6.98. The summed E-state index contributed by atoms with van der Waals surface area (Å²) in [5.41, 5.74) is -2.26. The Morgan fingerprint density at radius 2 is 1.87 bits per heavy atom. The van der Waals surface area contributed by atoms with E-state index >= 15 is 0 Å². The summed E-state index contributed by atoms with van der Waals surface area (Å²) in [7, 11) is 0. The van der Waals surface area contributed by atoms with Gasteiger partial charge in [0, 0.05) is 26.2 Å². The zero-order valence-electron chi connectivity index (χ0n) is 18.3. The van der Waals surface area contributed by atoms with Crippen molar-refractivity contribution >= 4 is 17.8 Å². The molecule has 4 rings (SSSR count). The van der Waals surface area contributed by atoms with Crippen LogP contribution in [0.4, 0.5) is 0 Å². The van der Waals surface area contributed by atoms with Gasteiger partial charge in [0.2, 0.25) is 11.8 Å². The zero-order valence-corrected chi connectivity index (χ0v) is 18.3. The predicted molar refractivity (Wildman–Crippen MR) is 112 cm³/mol. The predicted octanol–water partition coefficient (Wildman–Crippen LogP) is 1.04. The number of aliphatic hydroxyl groups excluding tert-OH is 1. The van der Waals surface area contributed by atoms with E-state index in [1.54, 1.807) is 24.0 Å². The highest BCUT2D eigenvalue weighted by Crippen LogP contribution is 2.57. The molecule has 31 heavy (non-hydrogen) atoms. The first-order valence-electron chi connectivity index (χ1n) is 11.3. The van der Waals surface area contributed by atoms with Crippen molar-refractivity contribution in [2.75, 3.05) is 32.8 Å². The number of fused-ring (bicyclic) bond motifs is 2. The largest absolute Gasteiger partial charge is 0.461 e. The van der Waals surface area contributed by atoms with Crippen LogP contribution in [0.25, 0.3) is 0 Å². The average molecular weight is 433 g/mol. The highest BCUT2D eigenvalue weighted by atomic mass is 16.6. The van der Waals surface area contributed by atoms with Crippen LogP contribution in [-0.4, -0.2) is 82.8 Å². The van der Waals surface area contributed by atoms with Crippen LogP contribution in [0.3, 0.4) is 0 Å². The van der Waals surface area contributed by atoms with Crippen molar-refractivity contribution in [2.45, 2.75) is 56.8 Å². The van der Waals surface area contributed by atoms with Crippen LogP contribution in [0.15, 0.2) is 24.3 Å². The fourth-order valence-corrected chi connectivity index (χ4v) is 5.64. The minimum atomic E-state index is -1.23. The first-order valence-corrected chi connectivity index (χ1v) is 11.3. The van der Waals surface area contributed by atoms with Gasteiger partial charge in [-0.1, -0.05) is 38.0 Å². The summed E-state index contributed by atoms with van der Waals surface area (Å²) in [6.45, 7) is 5.24. The molecule has 2 saturated heterocycles. The Kier molecular flexibility index (Phi) is 5.96. The Bertz CT molecular complexity index is 810. The molecular formula is C23H32N2O6. The minimum absolute atomic E-state index is 0.0921. The lowest BCUT2D eigenvalue weighted by atomic mass is 9.75. The van der Waals surface area contributed by atoms with E-state index in [1.165, 1.54) is 4.90 Å². The van der Waals surface area contributed by atoms with E-state index in [0.717, 1.165) is 19.3 Å². The number of likely N-dealkylation sites (tertiary alicyclic amines) is 1. The number of cyclic esters (lactones) is 1. The molecule has 0 aromatic heterocycles. The van der Waals surface area contributed by atoms with Crippen molar-refractivity contribution in [3.05, 3.63) is 24.3 Å². The first kappa shape index (κ1) is 22.0. The maximum absolute atomic E-state index is 13.8. The zero-order chi connectivity index (χ0) is 22.2. The lowest BCUT2D eigenvalue weighted by molar-refractivity contribution is -0.157. The molecule has 170 valence electrons. The Balaban J connectivity index is 1.77. The van der Waals surface area contributed by atoms with Crippen LogP contribution < -0.4 is 0 Å². The summed E-state index contributed by atoms with van der Waals surface area (Å²) < 4.78 is 11.9. The van der Waals surface area contributed by atoms with E-state index in [9.17, 15) is 19.5 Å². The second-order valence-electron chi connectivity index (χ2n) is 9.03. The summed E-state index contributed by atoms with van der Waals surface area (Å²) in [5.74, 6) is -2.59. The summed E-state index contributed by atoms with van der Waals surface area (Å²) in [4.78, 5) is 43.6. The number of unbranched alkanes of at least 4 members (excludes halogenated alkanes) is 2. The van der Waals surface area contributed by atoms with Gasteiger partial charge in [-0.3, -0.25) is 14.4 Å². The Morgan fingerprint density at radius 1 is 1.06 bits per heavy atom. The van der Waals surface area contributed by atoms with E-state index in [4.69, 9.17) is 9.47 Å². The third kappa shape index (κ3) is 3.40. The second kappa shape index (κ2) is 8.39. The Morgan fingerprint density at radius 3 is 2.61 bits per heavy atom. The number of amides is 2. The number of esters is 1. The van der Waals surface area contributed by atoms with Crippen LogP contribution in [0.1, 0.15) is 39.5 Å². The molecule has 1 unspecified atom stereocenters. The third-order valence-corrected chi connectivity index (χ3v) is 6.98.